The van der Waals surface area contributed by atoms with Crippen molar-refractivity contribution in [1.82, 2.24) is 0 Å². The average Bonchev–Trinajstić information content (AvgIpc) is 2.50. The molecule has 1 aliphatic rings. The maximum atomic E-state index is 6.45. The predicted octanol–water partition coefficient (Wildman–Crippen LogP) is 4.46. The van der Waals surface area contributed by atoms with E-state index in [2.05, 4.69) is 59.3 Å². The van der Waals surface area contributed by atoms with Crippen LogP contribution in [0.5, 0.6) is 0 Å². The summed E-state index contributed by atoms with van der Waals surface area (Å²) in [6, 6.07) is 14.7. The van der Waals surface area contributed by atoms with Crippen molar-refractivity contribution in [3.05, 3.63) is 69.2 Å². The Morgan fingerprint density at radius 2 is 2.05 bits per heavy atom. The fraction of sp³-hybridized carbons (Fsp3) is 0.333. The minimum atomic E-state index is -0.0151. The normalized spacial score (nSPS) is 19.1. The molecule has 2 atom stereocenters. The molecule has 0 spiro atoms. The van der Waals surface area contributed by atoms with Crippen molar-refractivity contribution in [2.45, 2.75) is 31.9 Å². The van der Waals surface area contributed by atoms with E-state index in [-0.39, 0.29) is 12.1 Å². The summed E-state index contributed by atoms with van der Waals surface area (Å²) in [6.07, 6.45) is 1.91. The molecule has 0 saturated heterocycles. The standard InChI is InChI=1S/C18H20BrNO/c1-12-14(7-4-8-16(12)19)17(20)11-18-15-6-3-2-5-13(15)9-10-21-18/h2-8,17-18H,9-11,20H2,1H3. The van der Waals surface area contributed by atoms with Gasteiger partial charge >= 0.3 is 0 Å². The molecule has 0 aromatic heterocycles. The van der Waals surface area contributed by atoms with Gasteiger partial charge in [-0.2, -0.15) is 0 Å². The Kier molecular flexibility index (Phi) is 4.43. The summed E-state index contributed by atoms with van der Waals surface area (Å²) in [5.74, 6) is 0. The van der Waals surface area contributed by atoms with Gasteiger partial charge in [0.25, 0.3) is 0 Å². The van der Waals surface area contributed by atoms with Crippen LogP contribution >= 0.6 is 15.9 Å². The summed E-state index contributed by atoms with van der Waals surface area (Å²) in [5, 5.41) is 0. The highest BCUT2D eigenvalue weighted by molar-refractivity contribution is 9.10. The van der Waals surface area contributed by atoms with Gasteiger partial charge in [0.05, 0.1) is 12.7 Å². The van der Waals surface area contributed by atoms with Crippen LogP contribution in [0, 0.1) is 6.92 Å². The van der Waals surface area contributed by atoms with Gasteiger partial charge in [-0.05, 0) is 48.1 Å². The molecule has 3 rings (SSSR count). The van der Waals surface area contributed by atoms with Crippen molar-refractivity contribution in [2.24, 2.45) is 5.73 Å². The first-order valence-electron chi connectivity index (χ1n) is 7.37. The van der Waals surface area contributed by atoms with Gasteiger partial charge in [0.1, 0.15) is 0 Å². The molecule has 21 heavy (non-hydrogen) atoms. The zero-order chi connectivity index (χ0) is 14.8. The molecule has 2 N–H and O–H groups in total. The van der Waals surface area contributed by atoms with E-state index in [9.17, 15) is 0 Å². The third kappa shape index (κ3) is 3.05. The van der Waals surface area contributed by atoms with E-state index < -0.39 is 0 Å². The minimum absolute atomic E-state index is 0.0151. The Labute approximate surface area is 134 Å². The van der Waals surface area contributed by atoms with E-state index in [1.807, 2.05) is 6.07 Å². The molecule has 0 amide bonds. The van der Waals surface area contributed by atoms with Crippen molar-refractivity contribution in [1.29, 1.82) is 0 Å². The molecule has 2 unspecified atom stereocenters. The second kappa shape index (κ2) is 6.30. The Balaban J connectivity index is 1.83. The van der Waals surface area contributed by atoms with Crippen LogP contribution in [-0.2, 0) is 11.2 Å². The molecule has 0 bridgehead atoms. The molecule has 1 heterocycles. The number of nitrogens with two attached hydrogens (primary N) is 1. The van der Waals surface area contributed by atoms with Gasteiger partial charge in [-0.15, -0.1) is 0 Å². The van der Waals surface area contributed by atoms with E-state index in [1.54, 1.807) is 0 Å². The first-order valence-corrected chi connectivity index (χ1v) is 8.16. The van der Waals surface area contributed by atoms with Crippen LogP contribution in [0.3, 0.4) is 0 Å². The molecule has 2 nitrogen and oxygen atoms in total. The van der Waals surface area contributed by atoms with E-state index in [0.717, 1.165) is 23.9 Å². The number of halogens is 1. The Morgan fingerprint density at radius 3 is 2.90 bits per heavy atom. The SMILES string of the molecule is Cc1c(Br)cccc1C(N)CC1OCCc2ccccc21. The van der Waals surface area contributed by atoms with Crippen LogP contribution < -0.4 is 5.73 Å². The molecular formula is C18H20BrNO. The Hall–Kier alpha value is -1.16. The second-order valence-corrected chi connectivity index (χ2v) is 6.46. The number of fused-ring (bicyclic) bond motifs is 1. The highest BCUT2D eigenvalue weighted by Gasteiger charge is 2.24. The Bertz CT molecular complexity index is 641. The molecule has 2 aromatic rings. The van der Waals surface area contributed by atoms with Crippen molar-refractivity contribution >= 4 is 15.9 Å². The molecule has 0 aliphatic carbocycles. The number of ether oxygens (including phenoxy) is 1. The summed E-state index contributed by atoms with van der Waals surface area (Å²) in [5.41, 5.74) is 11.6. The van der Waals surface area contributed by atoms with Crippen LogP contribution in [0.15, 0.2) is 46.9 Å². The van der Waals surface area contributed by atoms with Crippen LogP contribution in [0.2, 0.25) is 0 Å². The van der Waals surface area contributed by atoms with Crippen LogP contribution in [0.1, 0.15) is 40.8 Å². The third-order valence-corrected chi connectivity index (χ3v) is 5.13. The van der Waals surface area contributed by atoms with Crippen molar-refractivity contribution < 1.29 is 4.74 Å². The van der Waals surface area contributed by atoms with Gasteiger partial charge < -0.3 is 10.5 Å². The highest BCUT2D eigenvalue weighted by atomic mass is 79.9. The van der Waals surface area contributed by atoms with E-state index in [1.165, 1.54) is 22.3 Å². The topological polar surface area (TPSA) is 35.2 Å². The van der Waals surface area contributed by atoms with Gasteiger partial charge in [0.15, 0.2) is 0 Å². The predicted molar refractivity (Wildman–Crippen MR) is 89.3 cm³/mol. The first kappa shape index (κ1) is 14.8. The van der Waals surface area contributed by atoms with E-state index in [0.29, 0.717) is 0 Å². The zero-order valence-electron chi connectivity index (χ0n) is 12.2. The lowest BCUT2D eigenvalue weighted by molar-refractivity contribution is 0.0319. The molecule has 0 fully saturated rings. The summed E-state index contributed by atoms with van der Waals surface area (Å²) in [7, 11) is 0. The maximum Gasteiger partial charge on any atom is 0.0845 e. The van der Waals surface area contributed by atoms with Crippen LogP contribution in [0.25, 0.3) is 0 Å². The summed E-state index contributed by atoms with van der Waals surface area (Å²) in [4.78, 5) is 0. The van der Waals surface area contributed by atoms with Gasteiger partial charge in [0.2, 0.25) is 0 Å². The molecule has 110 valence electrons. The number of hydrogen-bond acceptors (Lipinski definition) is 2. The number of rotatable bonds is 3. The summed E-state index contributed by atoms with van der Waals surface area (Å²) in [6.45, 7) is 2.89. The second-order valence-electron chi connectivity index (χ2n) is 5.60. The molecule has 3 heteroatoms. The molecule has 0 saturated carbocycles. The highest BCUT2D eigenvalue weighted by Crippen LogP contribution is 2.35. The largest absolute Gasteiger partial charge is 0.373 e. The molecule has 2 aromatic carbocycles. The molecule has 1 aliphatic heterocycles. The van der Waals surface area contributed by atoms with Gasteiger partial charge in [-0.1, -0.05) is 52.3 Å². The smallest absolute Gasteiger partial charge is 0.0845 e. The lowest BCUT2D eigenvalue weighted by Gasteiger charge is -2.28. The molecule has 0 radical (unpaired) electrons. The van der Waals surface area contributed by atoms with Crippen molar-refractivity contribution in [3.63, 3.8) is 0 Å². The number of hydrogen-bond donors (Lipinski definition) is 1. The fourth-order valence-electron chi connectivity index (χ4n) is 3.06. The van der Waals surface area contributed by atoms with E-state index in [4.69, 9.17) is 10.5 Å². The van der Waals surface area contributed by atoms with Crippen molar-refractivity contribution in [3.8, 4) is 0 Å². The Morgan fingerprint density at radius 1 is 1.24 bits per heavy atom. The van der Waals surface area contributed by atoms with Gasteiger partial charge in [0, 0.05) is 10.5 Å². The monoisotopic (exact) mass is 345 g/mol. The lowest BCUT2D eigenvalue weighted by atomic mass is 9.90. The average molecular weight is 346 g/mol. The minimum Gasteiger partial charge on any atom is -0.373 e. The van der Waals surface area contributed by atoms with Crippen LogP contribution in [-0.4, -0.2) is 6.61 Å². The van der Waals surface area contributed by atoms with Gasteiger partial charge in [-0.25, -0.2) is 0 Å². The molecular weight excluding hydrogens is 326 g/mol. The fourth-order valence-corrected chi connectivity index (χ4v) is 3.44. The van der Waals surface area contributed by atoms with Gasteiger partial charge in [-0.3, -0.25) is 0 Å². The van der Waals surface area contributed by atoms with Crippen LogP contribution in [0.4, 0.5) is 0 Å². The zero-order valence-corrected chi connectivity index (χ0v) is 13.8. The quantitative estimate of drug-likeness (QED) is 0.891. The maximum absolute atomic E-state index is 6.45. The summed E-state index contributed by atoms with van der Waals surface area (Å²) < 4.78 is 7.09. The van der Waals surface area contributed by atoms with Crippen molar-refractivity contribution in [2.75, 3.05) is 6.61 Å². The lowest BCUT2D eigenvalue weighted by Crippen LogP contribution is -2.22. The summed E-state index contributed by atoms with van der Waals surface area (Å²) >= 11 is 3.58. The number of benzene rings is 2. The first-order chi connectivity index (χ1) is 10.2. The van der Waals surface area contributed by atoms with E-state index >= 15 is 0 Å². The third-order valence-electron chi connectivity index (χ3n) is 4.27.